The Balaban J connectivity index is 2.36. The van der Waals surface area contributed by atoms with E-state index in [0.29, 0.717) is 24.0 Å². The zero-order valence-corrected chi connectivity index (χ0v) is 9.74. The molecular formula is C14H16F2. The predicted octanol–water partition coefficient (Wildman–Crippen LogP) is 4.91. The van der Waals surface area contributed by atoms with Gasteiger partial charge < -0.3 is 0 Å². The predicted molar refractivity (Wildman–Crippen MR) is 62.3 cm³/mol. The first-order chi connectivity index (χ1) is 7.59. The Labute approximate surface area is 95.0 Å². The highest BCUT2D eigenvalue weighted by Crippen LogP contribution is 2.38. The van der Waals surface area contributed by atoms with Gasteiger partial charge in [-0.25, -0.2) is 8.78 Å². The van der Waals surface area contributed by atoms with E-state index in [1.807, 2.05) is 12.2 Å². The van der Waals surface area contributed by atoms with Crippen LogP contribution in [0.15, 0.2) is 46.1 Å². The molecule has 0 nitrogen and oxygen atoms in total. The first kappa shape index (κ1) is 11.3. The SMILES string of the molecule is CC1=CC=C(C2=C(F)C(F)=C(C)CC2)CC1. The minimum atomic E-state index is -0.645. The van der Waals surface area contributed by atoms with Gasteiger partial charge in [0.15, 0.2) is 11.7 Å². The lowest BCUT2D eigenvalue weighted by molar-refractivity contribution is 0.510. The summed E-state index contributed by atoms with van der Waals surface area (Å²) in [7, 11) is 0. The molecule has 2 aliphatic rings. The summed E-state index contributed by atoms with van der Waals surface area (Å²) in [6, 6.07) is 0. The van der Waals surface area contributed by atoms with Crippen LogP contribution in [-0.4, -0.2) is 0 Å². The van der Waals surface area contributed by atoms with Crippen molar-refractivity contribution in [3.05, 3.63) is 46.1 Å². The van der Waals surface area contributed by atoms with Gasteiger partial charge in [-0.05, 0) is 56.3 Å². The quantitative estimate of drug-likeness (QED) is 0.591. The van der Waals surface area contributed by atoms with Crippen LogP contribution >= 0.6 is 0 Å². The van der Waals surface area contributed by atoms with Crippen molar-refractivity contribution >= 4 is 0 Å². The number of hydrogen-bond acceptors (Lipinski definition) is 0. The molecule has 0 bridgehead atoms. The smallest absolute Gasteiger partial charge is 0.162 e. The summed E-state index contributed by atoms with van der Waals surface area (Å²) >= 11 is 0. The third-order valence-electron chi connectivity index (χ3n) is 3.33. The van der Waals surface area contributed by atoms with Crippen molar-refractivity contribution in [2.24, 2.45) is 0 Å². The van der Waals surface area contributed by atoms with E-state index in [1.54, 1.807) is 6.92 Å². The average Bonchev–Trinajstić information content (AvgIpc) is 2.28. The third kappa shape index (κ3) is 2.01. The fourth-order valence-electron chi connectivity index (χ4n) is 2.15. The number of halogens is 2. The van der Waals surface area contributed by atoms with E-state index in [4.69, 9.17) is 0 Å². The first-order valence-corrected chi connectivity index (χ1v) is 5.70. The Kier molecular flexibility index (Phi) is 3.08. The highest BCUT2D eigenvalue weighted by molar-refractivity contribution is 5.46. The van der Waals surface area contributed by atoms with Crippen LogP contribution in [0.4, 0.5) is 8.78 Å². The minimum Gasteiger partial charge on any atom is -0.204 e. The van der Waals surface area contributed by atoms with E-state index >= 15 is 0 Å². The van der Waals surface area contributed by atoms with Gasteiger partial charge >= 0.3 is 0 Å². The van der Waals surface area contributed by atoms with Crippen molar-refractivity contribution in [3.8, 4) is 0 Å². The van der Waals surface area contributed by atoms with Gasteiger partial charge in [0.25, 0.3) is 0 Å². The van der Waals surface area contributed by atoms with Crippen LogP contribution in [0.3, 0.4) is 0 Å². The zero-order chi connectivity index (χ0) is 11.7. The Morgan fingerprint density at radius 1 is 0.875 bits per heavy atom. The lowest BCUT2D eigenvalue weighted by Crippen LogP contribution is -2.04. The molecule has 0 amide bonds. The van der Waals surface area contributed by atoms with E-state index in [0.717, 1.165) is 18.4 Å². The highest BCUT2D eigenvalue weighted by Gasteiger charge is 2.22. The van der Waals surface area contributed by atoms with Gasteiger partial charge in [0, 0.05) is 0 Å². The molecule has 0 radical (unpaired) electrons. The van der Waals surface area contributed by atoms with Crippen LogP contribution in [0, 0.1) is 0 Å². The molecule has 0 unspecified atom stereocenters. The molecule has 2 rings (SSSR count). The van der Waals surface area contributed by atoms with Crippen LogP contribution in [-0.2, 0) is 0 Å². The van der Waals surface area contributed by atoms with Crippen LogP contribution < -0.4 is 0 Å². The second-order valence-corrected chi connectivity index (χ2v) is 4.59. The van der Waals surface area contributed by atoms with E-state index < -0.39 is 11.7 Å². The molecule has 16 heavy (non-hydrogen) atoms. The molecule has 0 aliphatic heterocycles. The third-order valence-corrected chi connectivity index (χ3v) is 3.33. The molecule has 2 aliphatic carbocycles. The van der Waals surface area contributed by atoms with Gasteiger partial charge in [0.05, 0.1) is 0 Å². The maximum Gasteiger partial charge on any atom is 0.162 e. The molecule has 86 valence electrons. The molecule has 0 N–H and O–H groups in total. The fraction of sp³-hybridized carbons (Fsp3) is 0.429. The largest absolute Gasteiger partial charge is 0.204 e. The highest BCUT2D eigenvalue weighted by atomic mass is 19.2. The van der Waals surface area contributed by atoms with Gasteiger partial charge in [-0.2, -0.15) is 0 Å². The summed E-state index contributed by atoms with van der Waals surface area (Å²) in [6.45, 7) is 3.72. The zero-order valence-electron chi connectivity index (χ0n) is 9.74. The Bertz CT molecular complexity index is 434. The molecule has 0 saturated carbocycles. The van der Waals surface area contributed by atoms with E-state index in [9.17, 15) is 8.78 Å². The van der Waals surface area contributed by atoms with E-state index in [-0.39, 0.29) is 0 Å². The van der Waals surface area contributed by atoms with E-state index in [1.165, 1.54) is 5.57 Å². The van der Waals surface area contributed by atoms with Gasteiger partial charge in [-0.1, -0.05) is 17.7 Å². The van der Waals surface area contributed by atoms with Crippen molar-refractivity contribution in [2.45, 2.75) is 39.5 Å². The number of hydrogen-bond donors (Lipinski definition) is 0. The maximum absolute atomic E-state index is 13.8. The Morgan fingerprint density at radius 3 is 2.25 bits per heavy atom. The molecule has 0 heterocycles. The van der Waals surface area contributed by atoms with E-state index in [2.05, 4.69) is 6.92 Å². The second kappa shape index (κ2) is 4.36. The summed E-state index contributed by atoms with van der Waals surface area (Å²) in [5.41, 5.74) is 3.37. The van der Waals surface area contributed by atoms with Crippen molar-refractivity contribution in [1.29, 1.82) is 0 Å². The molecule has 2 heteroatoms. The van der Waals surface area contributed by atoms with Crippen molar-refractivity contribution in [3.63, 3.8) is 0 Å². The minimum absolute atomic E-state index is 0.532. The van der Waals surface area contributed by atoms with Gasteiger partial charge in [-0.3, -0.25) is 0 Å². The lowest BCUT2D eigenvalue weighted by Gasteiger charge is -2.20. The van der Waals surface area contributed by atoms with Crippen LogP contribution in [0.25, 0.3) is 0 Å². The molecule has 0 aromatic heterocycles. The molecule has 0 saturated heterocycles. The van der Waals surface area contributed by atoms with Crippen molar-refractivity contribution in [2.75, 3.05) is 0 Å². The molecule has 0 fully saturated rings. The number of rotatable bonds is 1. The second-order valence-electron chi connectivity index (χ2n) is 4.59. The van der Waals surface area contributed by atoms with Gasteiger partial charge in [0.2, 0.25) is 0 Å². The molecule has 0 aromatic carbocycles. The van der Waals surface area contributed by atoms with Gasteiger partial charge in [0.1, 0.15) is 0 Å². The molecule has 0 atom stereocenters. The van der Waals surface area contributed by atoms with Gasteiger partial charge in [-0.15, -0.1) is 0 Å². The first-order valence-electron chi connectivity index (χ1n) is 5.70. The average molecular weight is 222 g/mol. The summed E-state index contributed by atoms with van der Waals surface area (Å²) < 4.78 is 27.2. The number of allylic oxidation sites excluding steroid dienone is 8. The monoisotopic (exact) mass is 222 g/mol. The summed E-state index contributed by atoms with van der Waals surface area (Å²) in [6.07, 6.45) is 6.98. The fourth-order valence-corrected chi connectivity index (χ4v) is 2.15. The van der Waals surface area contributed by atoms with Crippen molar-refractivity contribution in [1.82, 2.24) is 0 Å². The topological polar surface area (TPSA) is 0 Å². The molecular weight excluding hydrogens is 206 g/mol. The maximum atomic E-state index is 13.8. The van der Waals surface area contributed by atoms with Crippen LogP contribution in [0.1, 0.15) is 39.5 Å². The summed E-state index contributed by atoms with van der Waals surface area (Å²) in [5.74, 6) is -1.28. The summed E-state index contributed by atoms with van der Waals surface area (Å²) in [5, 5.41) is 0. The molecule has 0 aromatic rings. The molecule has 0 spiro atoms. The van der Waals surface area contributed by atoms with Crippen molar-refractivity contribution < 1.29 is 8.78 Å². The normalized spacial score (nSPS) is 22.2. The van der Waals surface area contributed by atoms with Crippen LogP contribution in [0.2, 0.25) is 0 Å². The Hall–Kier alpha value is -1.18. The lowest BCUT2D eigenvalue weighted by atomic mass is 9.87. The summed E-state index contributed by atoms with van der Waals surface area (Å²) in [4.78, 5) is 0. The van der Waals surface area contributed by atoms with Crippen LogP contribution in [0.5, 0.6) is 0 Å². The standard InChI is InChI=1S/C14H16F2/c1-9-3-6-11(7-4-9)12-8-5-10(2)13(15)14(12)16/h3,6H,4-5,7-8H2,1-2H3. The Morgan fingerprint density at radius 2 is 1.62 bits per heavy atom.